The van der Waals surface area contributed by atoms with Gasteiger partial charge in [0.25, 0.3) is 5.91 Å². The molecule has 3 aromatic heterocycles. The first-order valence-electron chi connectivity index (χ1n) is 8.75. The molecule has 2 N–H and O–H groups in total. The van der Waals surface area contributed by atoms with E-state index < -0.39 is 0 Å². The Labute approximate surface area is 176 Å². The molecule has 0 fully saturated rings. The largest absolute Gasteiger partial charge is 0.340 e. The molecule has 7 nitrogen and oxygen atoms in total. The Morgan fingerprint density at radius 2 is 1.93 bits per heavy atom. The molecule has 4 aromatic rings. The summed E-state index contributed by atoms with van der Waals surface area (Å²) in [6.07, 6.45) is 4.92. The number of pyridine rings is 1. The molecule has 146 valence electrons. The molecule has 0 bridgehead atoms. The van der Waals surface area contributed by atoms with Crippen molar-refractivity contribution in [3.63, 3.8) is 0 Å². The Bertz CT molecular complexity index is 1180. The van der Waals surface area contributed by atoms with Crippen molar-refractivity contribution in [2.45, 2.75) is 11.9 Å². The molecule has 3 heterocycles. The molecule has 0 aliphatic heterocycles. The van der Waals surface area contributed by atoms with E-state index in [-0.39, 0.29) is 5.91 Å². The molecule has 1 amide bonds. The lowest BCUT2D eigenvalue weighted by atomic mass is 10.2. The highest BCUT2D eigenvalue weighted by molar-refractivity contribution is 8.00. The van der Waals surface area contributed by atoms with Crippen LogP contribution < -0.4 is 10.0 Å². The van der Waals surface area contributed by atoms with E-state index in [1.807, 2.05) is 30.7 Å². The smallest absolute Gasteiger partial charge is 0.272 e. The van der Waals surface area contributed by atoms with Crippen molar-refractivity contribution in [1.82, 2.24) is 19.5 Å². The van der Waals surface area contributed by atoms with Crippen LogP contribution in [0.1, 0.15) is 16.1 Å². The predicted molar refractivity (Wildman–Crippen MR) is 116 cm³/mol. The molecule has 0 radical (unpaired) electrons. The number of nitrogens with one attached hydrogen (secondary N) is 2. The van der Waals surface area contributed by atoms with Crippen LogP contribution in [0.4, 0.5) is 11.6 Å². The molecule has 0 saturated heterocycles. The van der Waals surface area contributed by atoms with Gasteiger partial charge in [0.2, 0.25) is 5.95 Å². The Morgan fingerprint density at radius 3 is 2.66 bits per heavy atom. The summed E-state index contributed by atoms with van der Waals surface area (Å²) >= 11 is 7.68. The summed E-state index contributed by atoms with van der Waals surface area (Å²) in [7, 11) is 1.85. The summed E-state index contributed by atoms with van der Waals surface area (Å²) in [5.74, 6) is 0.275. The Hall–Kier alpha value is -3.10. The van der Waals surface area contributed by atoms with Gasteiger partial charge >= 0.3 is 0 Å². The summed E-state index contributed by atoms with van der Waals surface area (Å²) in [6.45, 7) is 1.94. The van der Waals surface area contributed by atoms with Crippen LogP contribution in [0.5, 0.6) is 0 Å². The normalized spacial score (nSPS) is 10.9. The molecule has 0 aliphatic carbocycles. The summed E-state index contributed by atoms with van der Waals surface area (Å²) in [5.41, 5.74) is 3.00. The Balaban J connectivity index is 1.47. The molecule has 29 heavy (non-hydrogen) atoms. The molecule has 0 unspecified atom stereocenters. The van der Waals surface area contributed by atoms with Crippen molar-refractivity contribution < 1.29 is 4.79 Å². The van der Waals surface area contributed by atoms with Crippen LogP contribution in [-0.4, -0.2) is 25.4 Å². The first-order chi connectivity index (χ1) is 14.0. The fourth-order valence-electron chi connectivity index (χ4n) is 2.86. The molecule has 0 saturated carbocycles. The van der Waals surface area contributed by atoms with Gasteiger partial charge in [0, 0.05) is 42.3 Å². The van der Waals surface area contributed by atoms with Crippen molar-refractivity contribution >= 4 is 52.0 Å². The quantitative estimate of drug-likeness (QED) is 0.452. The number of hydrogen-bond donors (Lipinski definition) is 2. The van der Waals surface area contributed by atoms with Crippen molar-refractivity contribution in [3.05, 3.63) is 71.3 Å². The minimum atomic E-state index is -0.226. The zero-order valence-corrected chi connectivity index (χ0v) is 17.3. The zero-order chi connectivity index (χ0) is 20.4. The van der Waals surface area contributed by atoms with Gasteiger partial charge < -0.3 is 9.88 Å². The number of amides is 1. The molecule has 1 aromatic carbocycles. The standard InChI is InChI=1S/C20H17ClN6OS/c1-12-4-6-15-14(18(12)21)10-16(27(15)2)19(28)25-13-5-7-17(24-11-13)29-26-20-22-8-3-9-23-20/h3-11H,1-2H3,(H,25,28)(H,22,23,26). The average Bonchev–Trinajstić information content (AvgIpc) is 3.08. The lowest BCUT2D eigenvalue weighted by Crippen LogP contribution is -2.15. The van der Waals surface area contributed by atoms with Crippen molar-refractivity contribution in [3.8, 4) is 0 Å². The van der Waals surface area contributed by atoms with Crippen molar-refractivity contribution in [1.29, 1.82) is 0 Å². The van der Waals surface area contributed by atoms with Crippen LogP contribution in [0.15, 0.2) is 60.0 Å². The second-order valence-electron chi connectivity index (χ2n) is 6.33. The van der Waals surface area contributed by atoms with Crippen LogP contribution >= 0.6 is 23.5 Å². The van der Waals surface area contributed by atoms with Crippen LogP contribution in [0, 0.1) is 6.92 Å². The summed E-state index contributed by atoms with van der Waals surface area (Å²) in [5, 5.41) is 5.12. The minimum absolute atomic E-state index is 0.226. The third-order valence-electron chi connectivity index (χ3n) is 4.39. The molecule has 4 rings (SSSR count). The van der Waals surface area contributed by atoms with E-state index in [0.29, 0.717) is 22.4 Å². The zero-order valence-electron chi connectivity index (χ0n) is 15.7. The second kappa shape index (κ2) is 8.10. The van der Waals surface area contributed by atoms with E-state index in [1.165, 1.54) is 11.9 Å². The number of nitrogens with zero attached hydrogens (tertiary/aromatic N) is 4. The number of aryl methyl sites for hydroxylation is 2. The highest BCUT2D eigenvalue weighted by Gasteiger charge is 2.16. The average molecular weight is 425 g/mol. The maximum Gasteiger partial charge on any atom is 0.272 e. The van der Waals surface area contributed by atoms with E-state index in [0.717, 1.165) is 21.5 Å². The van der Waals surface area contributed by atoms with Gasteiger partial charge in [-0.25, -0.2) is 15.0 Å². The van der Waals surface area contributed by atoms with Crippen LogP contribution in [0.3, 0.4) is 0 Å². The van der Waals surface area contributed by atoms with Crippen molar-refractivity contribution in [2.24, 2.45) is 7.05 Å². The summed E-state index contributed by atoms with van der Waals surface area (Å²) in [6, 6.07) is 11.1. The summed E-state index contributed by atoms with van der Waals surface area (Å²) in [4.78, 5) is 25.3. The number of benzene rings is 1. The lowest BCUT2D eigenvalue weighted by molar-refractivity contribution is 0.101. The highest BCUT2D eigenvalue weighted by atomic mass is 35.5. The van der Waals surface area contributed by atoms with Gasteiger partial charge in [0.05, 0.1) is 16.9 Å². The fourth-order valence-corrected chi connectivity index (χ4v) is 3.62. The van der Waals surface area contributed by atoms with E-state index in [4.69, 9.17) is 11.6 Å². The van der Waals surface area contributed by atoms with Crippen LogP contribution in [0.2, 0.25) is 5.02 Å². The number of aromatic nitrogens is 4. The number of hydrogen-bond acceptors (Lipinski definition) is 6. The maximum absolute atomic E-state index is 12.8. The topological polar surface area (TPSA) is 84.7 Å². The van der Waals surface area contributed by atoms with E-state index in [2.05, 4.69) is 25.0 Å². The molecule has 0 spiro atoms. The second-order valence-corrected chi connectivity index (χ2v) is 7.54. The lowest BCUT2D eigenvalue weighted by Gasteiger charge is -2.07. The van der Waals surface area contributed by atoms with Crippen molar-refractivity contribution in [2.75, 3.05) is 10.0 Å². The third kappa shape index (κ3) is 4.03. The number of rotatable bonds is 5. The number of carbonyl (C=O) groups excluding carboxylic acids is 1. The van der Waals surface area contributed by atoms with Gasteiger partial charge in [-0.2, -0.15) is 0 Å². The minimum Gasteiger partial charge on any atom is -0.340 e. The first-order valence-corrected chi connectivity index (χ1v) is 9.94. The van der Waals surface area contributed by atoms with Gasteiger partial charge in [0.1, 0.15) is 10.7 Å². The van der Waals surface area contributed by atoms with Gasteiger partial charge in [-0.1, -0.05) is 17.7 Å². The molecule has 0 aliphatic rings. The van der Waals surface area contributed by atoms with Crippen LogP contribution in [-0.2, 0) is 7.05 Å². The van der Waals surface area contributed by atoms with Crippen LogP contribution in [0.25, 0.3) is 10.9 Å². The van der Waals surface area contributed by atoms with Gasteiger partial charge in [-0.05, 0) is 42.8 Å². The van der Waals surface area contributed by atoms with Gasteiger partial charge in [-0.3, -0.25) is 9.52 Å². The molecular formula is C20H17ClN6OS. The van der Waals surface area contributed by atoms with E-state index in [1.54, 1.807) is 42.9 Å². The Morgan fingerprint density at radius 1 is 1.14 bits per heavy atom. The number of carbonyl (C=O) groups is 1. The third-order valence-corrected chi connectivity index (χ3v) is 5.63. The number of anilines is 2. The van der Waals surface area contributed by atoms with E-state index >= 15 is 0 Å². The summed E-state index contributed by atoms with van der Waals surface area (Å²) < 4.78 is 4.84. The van der Waals surface area contributed by atoms with Gasteiger partial charge in [-0.15, -0.1) is 0 Å². The monoisotopic (exact) mass is 424 g/mol. The molecule has 9 heteroatoms. The molecule has 0 atom stereocenters. The Kier molecular flexibility index (Phi) is 5.37. The fraction of sp³-hybridized carbons (Fsp3) is 0.100. The number of halogens is 1. The first kappa shape index (κ1) is 19.2. The van der Waals surface area contributed by atoms with E-state index in [9.17, 15) is 4.79 Å². The SMILES string of the molecule is Cc1ccc2c(cc(C(=O)Nc3ccc(SNc4ncccn4)nc3)n2C)c1Cl. The number of fused-ring (bicyclic) bond motifs is 1. The molecular weight excluding hydrogens is 408 g/mol. The highest BCUT2D eigenvalue weighted by Crippen LogP contribution is 2.29. The van der Waals surface area contributed by atoms with Gasteiger partial charge in [0.15, 0.2) is 0 Å². The predicted octanol–water partition coefficient (Wildman–Crippen LogP) is 4.70. The maximum atomic E-state index is 12.8.